The van der Waals surface area contributed by atoms with Crippen LogP contribution in [0.2, 0.25) is 0 Å². The molecule has 0 radical (unpaired) electrons. The van der Waals surface area contributed by atoms with Crippen LogP contribution in [0.25, 0.3) is 22.3 Å². The lowest BCUT2D eigenvalue weighted by atomic mass is 10.0. The number of esters is 2. The molecule has 0 unspecified atom stereocenters. The first-order valence-electron chi connectivity index (χ1n) is 24.4. The molecule has 4 aromatic rings. The third-order valence-corrected chi connectivity index (χ3v) is 11.3. The number of allylic oxidation sites excluding steroid dienone is 1. The summed E-state index contributed by atoms with van der Waals surface area (Å²) in [5.74, 6) is 1.20. The molecule has 0 heterocycles. The number of hydrogen-bond donors (Lipinski definition) is 0. The summed E-state index contributed by atoms with van der Waals surface area (Å²) in [4.78, 5) is 23.8. The summed E-state index contributed by atoms with van der Waals surface area (Å²) >= 11 is 0. The van der Waals surface area contributed by atoms with Gasteiger partial charge in [-0.15, -0.1) is 0 Å². The number of carbonyl (C=O) groups excluding carboxylic acids is 2. The Kier molecular flexibility index (Phi) is 25.7. The van der Waals surface area contributed by atoms with E-state index in [2.05, 4.69) is 30.3 Å². The third kappa shape index (κ3) is 19.9. The molecule has 0 atom stereocenters. The third-order valence-electron chi connectivity index (χ3n) is 11.3. The van der Waals surface area contributed by atoms with Gasteiger partial charge < -0.3 is 28.4 Å². The molecule has 0 bridgehead atoms. The Labute approximate surface area is 385 Å². The average Bonchev–Trinajstić information content (AvgIpc) is 3.32. The maximum Gasteiger partial charge on any atom is 0.338 e. The minimum atomic E-state index is -0.292. The molecule has 8 heteroatoms. The fraction of sp³-hybridized carbons (Fsp3) is 0.500. The Morgan fingerprint density at radius 3 is 1.14 bits per heavy atom. The SMILES string of the molecule is CCOC(=O)c1ccc(-c2ccc(OCCCCCCCCCC/C=C(\CCCCCCCCCOc3ccc(-c4ccc(C(=O)OCC)cc4)cc3)C(OCC)OCC)cc2)cc1. The molecule has 0 N–H and O–H groups in total. The number of benzene rings is 4. The molecule has 0 saturated carbocycles. The van der Waals surface area contributed by atoms with Gasteiger partial charge in [-0.3, -0.25) is 0 Å². The molecular weight excluding hydrogens is 801 g/mol. The van der Waals surface area contributed by atoms with E-state index in [4.69, 9.17) is 28.4 Å². The fourth-order valence-electron chi connectivity index (χ4n) is 7.68. The normalized spacial score (nSPS) is 11.5. The van der Waals surface area contributed by atoms with Crippen molar-refractivity contribution < 1.29 is 38.0 Å². The number of unbranched alkanes of at least 4 members (excludes halogenated alkanes) is 14. The summed E-state index contributed by atoms with van der Waals surface area (Å²) in [6, 6.07) is 31.4. The molecule has 0 saturated heterocycles. The van der Waals surface area contributed by atoms with Crippen molar-refractivity contribution in [1.29, 1.82) is 0 Å². The molecular formula is C56H76O8. The molecule has 8 nitrogen and oxygen atoms in total. The van der Waals surface area contributed by atoms with Crippen molar-refractivity contribution in [1.82, 2.24) is 0 Å². The first-order chi connectivity index (χ1) is 31.4. The predicted octanol–water partition coefficient (Wildman–Crippen LogP) is 14.8. The van der Waals surface area contributed by atoms with Crippen LogP contribution in [-0.4, -0.2) is 57.9 Å². The molecule has 0 aliphatic heterocycles. The molecule has 0 aliphatic rings. The Balaban J connectivity index is 1.000. The summed E-state index contributed by atoms with van der Waals surface area (Å²) in [6.07, 6.45) is 22.5. The molecule has 0 aliphatic carbocycles. The summed E-state index contributed by atoms with van der Waals surface area (Å²) in [6.45, 7) is 11.2. The average molecular weight is 877 g/mol. The second-order valence-electron chi connectivity index (χ2n) is 16.2. The molecule has 0 amide bonds. The lowest BCUT2D eigenvalue weighted by Gasteiger charge is -2.21. The monoisotopic (exact) mass is 877 g/mol. The quantitative estimate of drug-likeness (QED) is 0.0198. The van der Waals surface area contributed by atoms with Crippen molar-refractivity contribution in [2.45, 2.75) is 143 Å². The number of ether oxygens (including phenoxy) is 6. The number of carbonyl (C=O) groups is 2. The zero-order valence-corrected chi connectivity index (χ0v) is 39.4. The van der Waals surface area contributed by atoms with Crippen molar-refractivity contribution in [3.05, 3.63) is 120 Å². The van der Waals surface area contributed by atoms with Crippen molar-refractivity contribution in [3.63, 3.8) is 0 Å². The second-order valence-corrected chi connectivity index (χ2v) is 16.2. The van der Waals surface area contributed by atoms with Crippen molar-refractivity contribution >= 4 is 11.9 Å². The van der Waals surface area contributed by atoms with E-state index >= 15 is 0 Å². The number of hydrogen-bond acceptors (Lipinski definition) is 8. The van der Waals surface area contributed by atoms with Gasteiger partial charge in [0.05, 0.1) is 37.6 Å². The van der Waals surface area contributed by atoms with Gasteiger partial charge in [-0.05, 0) is 143 Å². The van der Waals surface area contributed by atoms with E-state index in [-0.39, 0.29) is 18.2 Å². The number of rotatable bonds is 34. The Morgan fingerprint density at radius 1 is 0.422 bits per heavy atom. The first kappa shape index (κ1) is 51.7. The van der Waals surface area contributed by atoms with Crippen LogP contribution in [0.5, 0.6) is 11.5 Å². The minimum Gasteiger partial charge on any atom is -0.494 e. The van der Waals surface area contributed by atoms with Crippen molar-refractivity contribution in [2.24, 2.45) is 0 Å². The fourth-order valence-corrected chi connectivity index (χ4v) is 7.68. The summed E-state index contributed by atoms with van der Waals surface area (Å²) < 4.78 is 34.2. The van der Waals surface area contributed by atoms with E-state index in [1.54, 1.807) is 0 Å². The Bertz CT molecular complexity index is 1860. The molecule has 348 valence electrons. The van der Waals surface area contributed by atoms with Gasteiger partial charge in [0, 0.05) is 13.2 Å². The van der Waals surface area contributed by atoms with Gasteiger partial charge in [-0.25, -0.2) is 9.59 Å². The molecule has 64 heavy (non-hydrogen) atoms. The molecule has 4 aromatic carbocycles. The van der Waals surface area contributed by atoms with E-state index in [9.17, 15) is 9.59 Å². The highest BCUT2D eigenvalue weighted by molar-refractivity contribution is 5.90. The Morgan fingerprint density at radius 2 is 0.766 bits per heavy atom. The standard InChI is InChI=1S/C56H76O8/c1-5-59-54(57)49-31-27-45(28-32-49)47-35-39-52(40-36-47)63-43-23-19-15-11-9-10-13-17-21-25-51(56(61-7-3)62-8-4)26-22-18-14-12-16-20-24-44-64-53-41-37-48(38-42-53)46-29-33-50(34-30-46)55(58)60-6-2/h25,27-42,56H,5-24,26,43-44H2,1-4H3/b51-25+. The van der Waals surface area contributed by atoms with Crippen LogP contribution < -0.4 is 9.47 Å². The van der Waals surface area contributed by atoms with Crippen LogP contribution in [0.15, 0.2) is 109 Å². The molecule has 0 spiro atoms. The molecule has 0 aromatic heterocycles. The van der Waals surface area contributed by atoms with E-state index < -0.39 is 0 Å². The van der Waals surface area contributed by atoms with Gasteiger partial charge in [0.2, 0.25) is 0 Å². The second kappa shape index (κ2) is 31.9. The Hall–Kier alpha value is -4.92. The predicted molar refractivity (Wildman–Crippen MR) is 260 cm³/mol. The zero-order valence-electron chi connectivity index (χ0n) is 39.4. The van der Waals surface area contributed by atoms with Crippen LogP contribution >= 0.6 is 0 Å². The summed E-state index contributed by atoms with van der Waals surface area (Å²) in [7, 11) is 0. The van der Waals surface area contributed by atoms with E-state index in [0.717, 1.165) is 72.6 Å². The van der Waals surface area contributed by atoms with E-state index in [1.165, 1.54) is 89.0 Å². The first-order valence-corrected chi connectivity index (χ1v) is 24.4. The summed E-state index contributed by atoms with van der Waals surface area (Å²) in [5, 5.41) is 0. The van der Waals surface area contributed by atoms with Gasteiger partial charge in [0.25, 0.3) is 0 Å². The van der Waals surface area contributed by atoms with Crippen LogP contribution in [0, 0.1) is 0 Å². The van der Waals surface area contributed by atoms with Crippen LogP contribution in [-0.2, 0) is 18.9 Å². The smallest absolute Gasteiger partial charge is 0.338 e. The van der Waals surface area contributed by atoms with Crippen molar-refractivity contribution in [2.75, 3.05) is 39.6 Å². The zero-order chi connectivity index (χ0) is 45.5. The van der Waals surface area contributed by atoms with Gasteiger partial charge in [-0.1, -0.05) is 125 Å². The highest BCUT2D eigenvalue weighted by atomic mass is 16.7. The summed E-state index contributed by atoms with van der Waals surface area (Å²) in [5.41, 5.74) is 6.74. The van der Waals surface area contributed by atoms with Crippen molar-refractivity contribution in [3.8, 4) is 33.8 Å². The molecule has 4 rings (SSSR count). The highest BCUT2D eigenvalue weighted by Crippen LogP contribution is 2.26. The lowest BCUT2D eigenvalue weighted by molar-refractivity contribution is -0.113. The van der Waals surface area contributed by atoms with E-state index in [1.807, 2.05) is 100 Å². The van der Waals surface area contributed by atoms with Gasteiger partial charge >= 0.3 is 11.9 Å². The topological polar surface area (TPSA) is 89.5 Å². The van der Waals surface area contributed by atoms with Crippen LogP contribution in [0.1, 0.15) is 158 Å². The maximum atomic E-state index is 11.9. The van der Waals surface area contributed by atoms with Gasteiger partial charge in [-0.2, -0.15) is 0 Å². The van der Waals surface area contributed by atoms with Crippen LogP contribution in [0.3, 0.4) is 0 Å². The highest BCUT2D eigenvalue weighted by Gasteiger charge is 2.14. The largest absolute Gasteiger partial charge is 0.494 e. The minimum absolute atomic E-state index is 0.220. The van der Waals surface area contributed by atoms with Gasteiger partial charge in [0.15, 0.2) is 6.29 Å². The van der Waals surface area contributed by atoms with E-state index in [0.29, 0.717) is 37.6 Å². The maximum absolute atomic E-state index is 11.9. The van der Waals surface area contributed by atoms with Gasteiger partial charge in [0.1, 0.15) is 11.5 Å². The van der Waals surface area contributed by atoms with Crippen LogP contribution in [0.4, 0.5) is 0 Å². The lowest BCUT2D eigenvalue weighted by Crippen LogP contribution is -2.20. The molecule has 0 fully saturated rings.